The molecule has 0 radical (unpaired) electrons. The number of rotatable bonds is 7. The van der Waals surface area contributed by atoms with E-state index >= 15 is 0 Å². The van der Waals surface area contributed by atoms with Crippen LogP contribution in [-0.2, 0) is 16.3 Å². The lowest BCUT2D eigenvalue weighted by Gasteiger charge is -2.19. The molecule has 0 heterocycles. The summed E-state index contributed by atoms with van der Waals surface area (Å²) in [4.78, 5) is 0. The molecule has 0 aromatic heterocycles. The van der Waals surface area contributed by atoms with E-state index < -0.39 is 5.62 Å². The van der Waals surface area contributed by atoms with Gasteiger partial charge in [0, 0.05) is 5.75 Å². The highest BCUT2D eigenvalue weighted by Crippen LogP contribution is 2.55. The van der Waals surface area contributed by atoms with Crippen molar-refractivity contribution in [2.45, 2.75) is 13.8 Å². The minimum atomic E-state index is -1.96. The lowest BCUT2D eigenvalue weighted by Crippen LogP contribution is -2.06. The molecule has 0 amide bonds. The van der Waals surface area contributed by atoms with E-state index in [4.69, 9.17) is 28.5 Å². The Labute approximate surface area is 94.4 Å². The average molecular weight is 255 g/mol. The minimum absolute atomic E-state index is 0.621. The average Bonchev–Trinajstić information content (AvgIpc) is 2.05. The Kier molecular flexibility index (Phi) is 8.31. The predicted octanol–water partition coefficient (Wildman–Crippen LogP) is 3.10. The minimum Gasteiger partial charge on any atom is -0.327 e. The molecular formula is C7H14NOPS3. The van der Waals surface area contributed by atoms with E-state index in [0.29, 0.717) is 6.61 Å². The van der Waals surface area contributed by atoms with Gasteiger partial charge in [-0.3, -0.25) is 0 Å². The first-order valence-corrected chi connectivity index (χ1v) is 8.68. The summed E-state index contributed by atoms with van der Waals surface area (Å²) in [6.07, 6.45) is 4.05. The van der Waals surface area contributed by atoms with Crippen molar-refractivity contribution >= 4 is 46.5 Å². The fourth-order valence-corrected chi connectivity index (χ4v) is 5.39. The van der Waals surface area contributed by atoms with E-state index in [1.807, 2.05) is 19.9 Å². The molecule has 6 heteroatoms. The van der Waals surface area contributed by atoms with Crippen LogP contribution in [-0.4, -0.2) is 17.9 Å². The van der Waals surface area contributed by atoms with E-state index in [1.54, 1.807) is 11.4 Å². The molecule has 0 aliphatic rings. The summed E-state index contributed by atoms with van der Waals surface area (Å²) < 4.78 is 5.46. The van der Waals surface area contributed by atoms with E-state index in [0.717, 1.165) is 5.75 Å². The molecule has 0 saturated carbocycles. The highest BCUT2D eigenvalue weighted by molar-refractivity contribution is 8.69. The normalized spacial score (nSPS) is 15.5. The van der Waals surface area contributed by atoms with Crippen molar-refractivity contribution in [3.63, 3.8) is 0 Å². The van der Waals surface area contributed by atoms with Crippen LogP contribution in [0.5, 0.6) is 0 Å². The van der Waals surface area contributed by atoms with Crippen LogP contribution in [0.2, 0.25) is 0 Å². The predicted molar refractivity (Wildman–Crippen MR) is 70.0 cm³/mol. The van der Waals surface area contributed by atoms with Crippen LogP contribution in [0.25, 0.3) is 0 Å². The summed E-state index contributed by atoms with van der Waals surface area (Å²) >= 11 is 11.6. The van der Waals surface area contributed by atoms with Crippen molar-refractivity contribution in [3.8, 4) is 0 Å². The molecule has 1 unspecified atom stereocenters. The molecule has 0 bridgehead atoms. The van der Waals surface area contributed by atoms with Gasteiger partial charge in [-0.15, -0.1) is 0 Å². The van der Waals surface area contributed by atoms with E-state index in [1.165, 1.54) is 5.49 Å². The molecule has 0 rings (SSSR count). The summed E-state index contributed by atoms with van der Waals surface area (Å²) in [5.74, 6) is 0.865. The Bertz CT molecular complexity index is 220. The van der Waals surface area contributed by atoms with Crippen LogP contribution in [0.3, 0.4) is 0 Å². The molecule has 0 aliphatic carbocycles. The molecule has 0 aliphatic heterocycles. The van der Waals surface area contributed by atoms with Crippen molar-refractivity contribution < 1.29 is 4.52 Å². The molecule has 13 heavy (non-hydrogen) atoms. The highest BCUT2D eigenvalue weighted by Gasteiger charge is 2.14. The zero-order valence-corrected chi connectivity index (χ0v) is 11.1. The lowest BCUT2D eigenvalue weighted by molar-refractivity contribution is 0.383. The number of hydrogen-bond acceptors (Lipinski definition) is 4. The molecule has 1 atom stereocenters. The smallest absolute Gasteiger partial charge is 0.210 e. The van der Waals surface area contributed by atoms with E-state index in [-0.39, 0.29) is 0 Å². The summed E-state index contributed by atoms with van der Waals surface area (Å²) in [7, 11) is 0. The second-order valence-electron chi connectivity index (χ2n) is 2.03. The summed E-state index contributed by atoms with van der Waals surface area (Å²) in [5, 5.41) is 2.94. The number of nitrogens with one attached hydrogen (secondary N) is 1. The molecular weight excluding hydrogens is 241 g/mol. The van der Waals surface area contributed by atoms with Crippen molar-refractivity contribution in [1.82, 2.24) is 5.09 Å². The molecule has 1 N–H and O–H groups in total. The first-order valence-electron chi connectivity index (χ1n) is 3.90. The number of allylic oxidation sites excluding steroid dienone is 1. The first-order chi connectivity index (χ1) is 6.18. The monoisotopic (exact) mass is 255 g/mol. The fourth-order valence-electron chi connectivity index (χ4n) is 0.584. The maximum Gasteiger partial charge on any atom is 0.210 e. The van der Waals surface area contributed by atoms with Crippen LogP contribution >= 0.6 is 29.2 Å². The quantitative estimate of drug-likeness (QED) is 0.427. The van der Waals surface area contributed by atoms with Gasteiger partial charge >= 0.3 is 0 Å². The van der Waals surface area contributed by atoms with Crippen molar-refractivity contribution in [3.05, 3.63) is 12.2 Å². The third-order valence-electron chi connectivity index (χ3n) is 1.09. The third kappa shape index (κ3) is 6.63. The largest absolute Gasteiger partial charge is 0.327 e. The van der Waals surface area contributed by atoms with E-state index in [9.17, 15) is 0 Å². The second-order valence-corrected chi connectivity index (χ2v) is 8.92. The number of thiocarbonyl (C=S) groups is 1. The molecule has 0 aromatic carbocycles. The van der Waals surface area contributed by atoms with E-state index in [2.05, 4.69) is 11.2 Å². The highest BCUT2D eigenvalue weighted by atomic mass is 32.9. The molecule has 0 saturated heterocycles. The molecule has 2 nitrogen and oxygen atoms in total. The Morgan fingerprint density at radius 1 is 1.62 bits per heavy atom. The SMILES string of the molecule is CC=CCSP(=S)(NC=S)OCC. The van der Waals surface area contributed by atoms with Gasteiger partial charge in [-0.2, -0.15) is 0 Å². The number of hydrogen-bond donors (Lipinski definition) is 1. The van der Waals surface area contributed by atoms with Crippen LogP contribution in [0.15, 0.2) is 12.2 Å². The van der Waals surface area contributed by atoms with Gasteiger partial charge in [0.1, 0.15) is 0 Å². The van der Waals surface area contributed by atoms with Gasteiger partial charge in [0.25, 0.3) is 0 Å². The zero-order chi connectivity index (χ0) is 10.2. The van der Waals surface area contributed by atoms with Crippen molar-refractivity contribution in [2.24, 2.45) is 0 Å². The Morgan fingerprint density at radius 3 is 2.77 bits per heavy atom. The molecule has 0 fully saturated rings. The van der Waals surface area contributed by atoms with Crippen LogP contribution < -0.4 is 5.09 Å². The summed E-state index contributed by atoms with van der Waals surface area (Å²) in [6.45, 7) is 4.54. The van der Waals surface area contributed by atoms with Gasteiger partial charge in [0.2, 0.25) is 5.62 Å². The van der Waals surface area contributed by atoms with Gasteiger partial charge in [0.15, 0.2) is 0 Å². The van der Waals surface area contributed by atoms with Crippen LogP contribution in [0.4, 0.5) is 0 Å². The molecule has 76 valence electrons. The lowest BCUT2D eigenvalue weighted by atomic mass is 10.6. The topological polar surface area (TPSA) is 21.3 Å². The van der Waals surface area contributed by atoms with Crippen molar-refractivity contribution in [2.75, 3.05) is 12.4 Å². The fraction of sp³-hybridized carbons (Fsp3) is 0.571. The standard InChI is InChI=1S/C7H14NOPS3/c1-3-5-6-13-10(12,8-7-11)9-4-2/h3,5,7H,4,6H2,1-2H3,(H,8,11,12). The summed E-state index contributed by atoms with van der Waals surface area (Å²) in [5.41, 5.74) is -0.516. The Morgan fingerprint density at radius 2 is 2.31 bits per heavy atom. The maximum absolute atomic E-state index is 5.46. The first kappa shape index (κ1) is 13.6. The van der Waals surface area contributed by atoms with Gasteiger partial charge in [-0.05, 0) is 25.7 Å². The van der Waals surface area contributed by atoms with Crippen LogP contribution in [0, 0.1) is 0 Å². The third-order valence-corrected chi connectivity index (χ3v) is 6.78. The van der Waals surface area contributed by atoms with Gasteiger partial charge in [-0.1, -0.05) is 35.8 Å². The van der Waals surface area contributed by atoms with Crippen LogP contribution in [0.1, 0.15) is 13.8 Å². The molecule has 0 aromatic rings. The zero-order valence-electron chi connectivity index (χ0n) is 7.73. The molecule has 0 spiro atoms. The van der Waals surface area contributed by atoms with Gasteiger partial charge < -0.3 is 9.61 Å². The Balaban J connectivity index is 4.06. The van der Waals surface area contributed by atoms with Crippen molar-refractivity contribution in [1.29, 1.82) is 0 Å². The van der Waals surface area contributed by atoms with Gasteiger partial charge in [0.05, 0.1) is 12.1 Å². The van der Waals surface area contributed by atoms with Gasteiger partial charge in [-0.25, -0.2) is 0 Å². The second kappa shape index (κ2) is 7.94. The summed E-state index contributed by atoms with van der Waals surface area (Å²) in [6, 6.07) is 0. The Hall–Kier alpha value is 0.590. The maximum atomic E-state index is 5.46.